The van der Waals surface area contributed by atoms with E-state index in [1.54, 1.807) is 0 Å². The van der Waals surface area contributed by atoms with Gasteiger partial charge in [-0.15, -0.1) is 0 Å². The van der Waals surface area contributed by atoms with Crippen molar-refractivity contribution in [1.82, 2.24) is 5.32 Å². The van der Waals surface area contributed by atoms with Gasteiger partial charge in [0.25, 0.3) is 0 Å². The van der Waals surface area contributed by atoms with Gasteiger partial charge in [-0.3, -0.25) is 4.79 Å². The summed E-state index contributed by atoms with van der Waals surface area (Å²) in [6.45, 7) is 9.52. The molecule has 5 nitrogen and oxygen atoms in total. The van der Waals surface area contributed by atoms with Crippen molar-refractivity contribution in [2.75, 3.05) is 53.0 Å². The van der Waals surface area contributed by atoms with Gasteiger partial charge in [0.1, 0.15) is 6.54 Å². The molecule has 0 aromatic carbocycles. The van der Waals surface area contributed by atoms with Crippen LogP contribution in [0.5, 0.6) is 0 Å². The van der Waals surface area contributed by atoms with Gasteiger partial charge in [0.15, 0.2) is 0 Å². The van der Waals surface area contributed by atoms with Crippen LogP contribution in [0.25, 0.3) is 0 Å². The molecule has 0 saturated carbocycles. The first-order chi connectivity index (χ1) is 25.6. The van der Waals surface area contributed by atoms with E-state index in [0.29, 0.717) is 19.6 Å². The average Bonchev–Trinajstić information content (AvgIpc) is 3.14. The molecular formula is C47H97N2O3+. The Morgan fingerprint density at radius 1 is 0.442 bits per heavy atom. The van der Waals surface area contributed by atoms with Crippen molar-refractivity contribution < 1.29 is 19.1 Å². The number of carbonyl (C=O) groups is 1. The molecule has 0 spiro atoms. The molecule has 52 heavy (non-hydrogen) atoms. The van der Waals surface area contributed by atoms with E-state index in [2.05, 4.69) is 26.2 Å². The number of hydrogen-bond donors (Lipinski definition) is 2. The molecule has 5 heteroatoms. The number of nitrogens with one attached hydrogen (secondary N) is 1. The monoisotopic (exact) mass is 738 g/mol. The lowest BCUT2D eigenvalue weighted by molar-refractivity contribution is -0.909. The van der Waals surface area contributed by atoms with Crippen LogP contribution in [0.1, 0.15) is 245 Å². The molecule has 0 saturated heterocycles. The van der Waals surface area contributed by atoms with Gasteiger partial charge >= 0.3 is 0 Å². The molecule has 0 fully saturated rings. The molecule has 1 amide bonds. The lowest BCUT2D eigenvalue weighted by Gasteiger charge is -2.34. The van der Waals surface area contributed by atoms with Crippen LogP contribution in [0, 0.1) is 0 Å². The van der Waals surface area contributed by atoms with Crippen LogP contribution in [0.15, 0.2) is 0 Å². The van der Waals surface area contributed by atoms with Gasteiger partial charge in [0.05, 0.1) is 46.5 Å². The second-order valence-electron chi connectivity index (χ2n) is 16.9. The molecule has 1 unspecified atom stereocenters. The number of nitrogens with zero attached hydrogens (tertiary/aromatic N) is 1. The Kier molecular flexibility index (Phi) is 42.5. The maximum atomic E-state index is 12.6. The van der Waals surface area contributed by atoms with Gasteiger partial charge in [-0.2, -0.15) is 0 Å². The number of carbonyl (C=O) groups excluding carboxylic acids is 1. The van der Waals surface area contributed by atoms with Crippen LogP contribution in [0.4, 0.5) is 0 Å². The number of hydrogen-bond acceptors (Lipinski definition) is 3. The number of ether oxygens (including phenoxy) is 1. The van der Waals surface area contributed by atoms with E-state index in [-0.39, 0.29) is 12.5 Å². The summed E-state index contributed by atoms with van der Waals surface area (Å²) < 4.78 is 6.57. The lowest BCUT2D eigenvalue weighted by Crippen LogP contribution is -2.51. The fourth-order valence-corrected chi connectivity index (χ4v) is 7.75. The van der Waals surface area contributed by atoms with Crippen LogP contribution in [0.3, 0.4) is 0 Å². The van der Waals surface area contributed by atoms with Gasteiger partial charge in [-0.1, -0.05) is 219 Å². The highest BCUT2D eigenvalue weighted by Gasteiger charge is 2.21. The molecular weight excluding hydrogens is 641 g/mol. The molecule has 0 aromatic rings. The van der Waals surface area contributed by atoms with Crippen molar-refractivity contribution in [3.05, 3.63) is 0 Å². The second kappa shape index (κ2) is 43.1. The summed E-state index contributed by atoms with van der Waals surface area (Å²) in [6.07, 6.45) is 49.2. The van der Waals surface area contributed by atoms with Crippen molar-refractivity contribution in [3.63, 3.8) is 0 Å². The molecule has 312 valence electrons. The molecule has 0 rings (SSSR count). The fraction of sp³-hybridized carbons (Fsp3) is 0.979. The van der Waals surface area contributed by atoms with Gasteiger partial charge in [0, 0.05) is 6.42 Å². The Labute approximate surface area is 327 Å². The Bertz CT molecular complexity index is 690. The summed E-state index contributed by atoms with van der Waals surface area (Å²) in [6, 6.07) is 0. The number of amides is 1. The van der Waals surface area contributed by atoms with Crippen LogP contribution in [0.2, 0.25) is 0 Å². The average molecular weight is 738 g/mol. The highest BCUT2D eigenvalue weighted by molar-refractivity contribution is 5.75. The molecule has 0 aliphatic heterocycles. The summed E-state index contributed by atoms with van der Waals surface area (Å²) in [7, 11) is 2.32. The van der Waals surface area contributed by atoms with Gasteiger partial charge in [-0.25, -0.2) is 0 Å². The van der Waals surface area contributed by atoms with Crippen molar-refractivity contribution in [3.8, 4) is 0 Å². The Morgan fingerprint density at radius 3 is 1.12 bits per heavy atom. The SMILES string of the molecule is CCCCCCCCCCCCCCCCCCCC[N+](C)(CCNC(=O)CCCCCCCCCCCCCCCCCCC)CCOCCO. The molecule has 0 aliphatic carbocycles. The Morgan fingerprint density at radius 2 is 0.769 bits per heavy atom. The van der Waals surface area contributed by atoms with Crippen molar-refractivity contribution in [1.29, 1.82) is 0 Å². The molecule has 0 aromatic heterocycles. The topological polar surface area (TPSA) is 58.6 Å². The maximum absolute atomic E-state index is 12.6. The first-order valence-electron chi connectivity index (χ1n) is 23.9. The van der Waals surface area contributed by atoms with Gasteiger partial charge in [-0.05, 0) is 19.3 Å². The van der Waals surface area contributed by atoms with E-state index < -0.39 is 0 Å². The molecule has 2 N–H and O–H groups in total. The summed E-state index contributed by atoms with van der Waals surface area (Å²) >= 11 is 0. The quantitative estimate of drug-likeness (QED) is 0.0483. The Hall–Kier alpha value is -0.650. The first kappa shape index (κ1) is 51.4. The van der Waals surface area contributed by atoms with Gasteiger partial charge in [0.2, 0.25) is 5.91 Å². The lowest BCUT2D eigenvalue weighted by atomic mass is 10.0. The number of aliphatic hydroxyl groups is 1. The smallest absolute Gasteiger partial charge is 0.220 e. The third-order valence-corrected chi connectivity index (χ3v) is 11.5. The minimum absolute atomic E-state index is 0.0818. The number of aliphatic hydroxyl groups excluding tert-OH is 1. The standard InChI is InChI=1S/C47H96N2O3/c1-4-6-8-10-12-14-16-18-20-22-24-26-28-30-32-34-36-38-41-49(3,43-45-52-46-44-50)42-40-48-47(51)39-37-35-33-31-29-27-25-23-21-19-17-15-13-11-9-7-5-2/h50H,4-46H2,1-3H3/p+1. The minimum atomic E-state index is 0.0818. The van der Waals surface area contributed by atoms with Crippen LogP contribution >= 0.6 is 0 Å². The molecule has 1 atom stereocenters. The zero-order valence-corrected chi connectivity index (χ0v) is 36.1. The summed E-state index contributed by atoms with van der Waals surface area (Å²) in [5.74, 6) is 0.220. The molecule has 0 aliphatic rings. The fourth-order valence-electron chi connectivity index (χ4n) is 7.75. The van der Waals surface area contributed by atoms with Crippen LogP contribution in [-0.4, -0.2) is 68.5 Å². The first-order valence-corrected chi connectivity index (χ1v) is 23.9. The van der Waals surface area contributed by atoms with Crippen LogP contribution in [-0.2, 0) is 9.53 Å². The van der Waals surface area contributed by atoms with Crippen LogP contribution < -0.4 is 5.32 Å². The largest absolute Gasteiger partial charge is 0.394 e. The zero-order valence-electron chi connectivity index (χ0n) is 36.1. The van der Waals surface area contributed by atoms with E-state index in [4.69, 9.17) is 9.84 Å². The predicted octanol–water partition coefficient (Wildman–Crippen LogP) is 13.6. The number of rotatable bonds is 45. The van der Waals surface area contributed by atoms with Crippen molar-refractivity contribution >= 4 is 5.91 Å². The zero-order chi connectivity index (χ0) is 37.9. The highest BCUT2D eigenvalue weighted by Crippen LogP contribution is 2.16. The van der Waals surface area contributed by atoms with E-state index in [0.717, 1.165) is 37.1 Å². The van der Waals surface area contributed by atoms with E-state index in [9.17, 15) is 4.79 Å². The second-order valence-corrected chi connectivity index (χ2v) is 16.9. The normalized spacial score (nSPS) is 12.8. The minimum Gasteiger partial charge on any atom is -0.394 e. The molecule has 0 radical (unpaired) electrons. The number of unbranched alkanes of at least 4 members (excludes halogenated alkanes) is 33. The van der Waals surface area contributed by atoms with Crippen molar-refractivity contribution in [2.45, 2.75) is 245 Å². The number of quaternary nitrogens is 1. The maximum Gasteiger partial charge on any atom is 0.220 e. The summed E-state index contributed by atoms with van der Waals surface area (Å²) in [5.41, 5.74) is 0. The van der Waals surface area contributed by atoms with E-state index in [1.165, 1.54) is 218 Å². The van der Waals surface area contributed by atoms with E-state index >= 15 is 0 Å². The summed E-state index contributed by atoms with van der Waals surface area (Å²) in [5, 5.41) is 12.3. The predicted molar refractivity (Wildman–Crippen MR) is 229 cm³/mol. The van der Waals surface area contributed by atoms with Gasteiger partial charge < -0.3 is 19.6 Å². The third-order valence-electron chi connectivity index (χ3n) is 11.5. The molecule has 0 bridgehead atoms. The highest BCUT2D eigenvalue weighted by atomic mass is 16.5. The Balaban J connectivity index is 3.79. The van der Waals surface area contributed by atoms with E-state index in [1.807, 2.05) is 0 Å². The van der Waals surface area contributed by atoms with Crippen molar-refractivity contribution in [2.24, 2.45) is 0 Å². The third kappa shape index (κ3) is 40.5. The summed E-state index contributed by atoms with van der Waals surface area (Å²) in [4.78, 5) is 12.6. The molecule has 0 heterocycles. The number of likely N-dealkylation sites (N-methyl/N-ethyl adjacent to an activating group) is 1.